The van der Waals surface area contributed by atoms with Gasteiger partial charge < -0.3 is 16.0 Å². The van der Waals surface area contributed by atoms with Crippen molar-refractivity contribution in [1.82, 2.24) is 9.97 Å². The van der Waals surface area contributed by atoms with Crippen LogP contribution in [0.25, 0.3) is 0 Å². The second-order valence-corrected chi connectivity index (χ2v) is 5.62. The van der Waals surface area contributed by atoms with Gasteiger partial charge in [-0.1, -0.05) is 6.92 Å². The number of nitrogens with two attached hydrogens (primary N) is 1. The number of nitrogens with zero attached hydrogens (tertiary/aromatic N) is 3. The van der Waals surface area contributed by atoms with E-state index in [-0.39, 0.29) is 6.04 Å². The van der Waals surface area contributed by atoms with Crippen molar-refractivity contribution < 1.29 is 0 Å². The molecule has 0 bridgehead atoms. The van der Waals surface area contributed by atoms with Gasteiger partial charge >= 0.3 is 0 Å². The smallest absolute Gasteiger partial charge is 0.134 e. The van der Waals surface area contributed by atoms with Gasteiger partial charge in [0.25, 0.3) is 0 Å². The summed E-state index contributed by atoms with van der Waals surface area (Å²) >= 11 is 0. The largest absolute Gasteiger partial charge is 0.370 e. The van der Waals surface area contributed by atoms with E-state index in [9.17, 15) is 0 Å². The average Bonchev–Trinajstić information content (AvgIpc) is 2.39. The molecule has 0 radical (unpaired) electrons. The van der Waals surface area contributed by atoms with Crippen molar-refractivity contribution in [2.24, 2.45) is 11.7 Å². The predicted octanol–water partition coefficient (Wildman–Crippen LogP) is 1.86. The molecule has 1 aromatic rings. The first kappa shape index (κ1) is 14.1. The van der Waals surface area contributed by atoms with E-state index in [0.29, 0.717) is 0 Å². The topological polar surface area (TPSA) is 67.1 Å². The first-order chi connectivity index (χ1) is 9.15. The van der Waals surface area contributed by atoms with Crippen LogP contribution in [-0.2, 0) is 0 Å². The third-order valence-corrected chi connectivity index (χ3v) is 3.67. The van der Waals surface area contributed by atoms with E-state index in [4.69, 9.17) is 5.73 Å². The molecule has 1 unspecified atom stereocenters. The first-order valence-corrected chi connectivity index (χ1v) is 7.21. The highest BCUT2D eigenvalue weighted by Crippen LogP contribution is 2.22. The summed E-state index contributed by atoms with van der Waals surface area (Å²) in [4.78, 5) is 11.0. The predicted molar refractivity (Wildman–Crippen MR) is 79.4 cm³/mol. The molecule has 1 fully saturated rings. The van der Waals surface area contributed by atoms with Crippen LogP contribution in [0.4, 0.5) is 11.6 Å². The molecule has 0 amide bonds. The molecule has 2 rings (SSSR count). The molecule has 0 saturated carbocycles. The Hall–Kier alpha value is -1.36. The van der Waals surface area contributed by atoms with E-state index >= 15 is 0 Å². The van der Waals surface area contributed by atoms with Crippen molar-refractivity contribution >= 4 is 11.6 Å². The molecule has 106 valence electrons. The molecular formula is C14H25N5. The number of hydrogen-bond acceptors (Lipinski definition) is 5. The molecule has 1 aromatic heterocycles. The Morgan fingerprint density at radius 1 is 1.42 bits per heavy atom. The highest BCUT2D eigenvalue weighted by Gasteiger charge is 2.17. The zero-order chi connectivity index (χ0) is 13.7. The zero-order valence-electron chi connectivity index (χ0n) is 12.0. The Morgan fingerprint density at radius 2 is 2.16 bits per heavy atom. The van der Waals surface area contributed by atoms with Crippen LogP contribution in [0.1, 0.15) is 33.1 Å². The monoisotopic (exact) mass is 263 g/mol. The van der Waals surface area contributed by atoms with Crippen molar-refractivity contribution in [2.75, 3.05) is 29.9 Å². The Bertz CT molecular complexity index is 385. The fourth-order valence-corrected chi connectivity index (χ4v) is 2.28. The third-order valence-electron chi connectivity index (χ3n) is 3.67. The van der Waals surface area contributed by atoms with Gasteiger partial charge in [0.15, 0.2) is 0 Å². The third kappa shape index (κ3) is 4.35. The van der Waals surface area contributed by atoms with Crippen LogP contribution in [0.2, 0.25) is 0 Å². The molecular weight excluding hydrogens is 238 g/mol. The van der Waals surface area contributed by atoms with Crippen LogP contribution in [0, 0.1) is 5.92 Å². The molecule has 1 atom stereocenters. The second-order valence-electron chi connectivity index (χ2n) is 5.62. The second kappa shape index (κ2) is 6.70. The molecule has 1 aliphatic heterocycles. The molecule has 1 aliphatic rings. The number of anilines is 2. The van der Waals surface area contributed by atoms with E-state index in [1.54, 1.807) is 6.33 Å². The van der Waals surface area contributed by atoms with Crippen LogP contribution in [0.5, 0.6) is 0 Å². The lowest BCUT2D eigenvalue weighted by molar-refractivity contribution is 0.436. The maximum Gasteiger partial charge on any atom is 0.134 e. The van der Waals surface area contributed by atoms with Gasteiger partial charge in [-0.15, -0.1) is 0 Å². The summed E-state index contributed by atoms with van der Waals surface area (Å²) in [5.74, 6) is 2.76. The normalized spacial score (nSPS) is 18.4. The van der Waals surface area contributed by atoms with Crippen LogP contribution < -0.4 is 16.0 Å². The van der Waals surface area contributed by atoms with Crippen LogP contribution in [-0.4, -0.2) is 35.6 Å². The van der Waals surface area contributed by atoms with Gasteiger partial charge in [-0.25, -0.2) is 9.97 Å². The minimum absolute atomic E-state index is 0.220. The molecule has 19 heavy (non-hydrogen) atoms. The van der Waals surface area contributed by atoms with Gasteiger partial charge in [0, 0.05) is 31.7 Å². The lowest BCUT2D eigenvalue weighted by atomic mass is 9.99. The number of piperidine rings is 1. The molecule has 1 saturated heterocycles. The van der Waals surface area contributed by atoms with Gasteiger partial charge in [-0.2, -0.15) is 0 Å². The Balaban J connectivity index is 1.91. The minimum atomic E-state index is 0.220. The fraction of sp³-hybridized carbons (Fsp3) is 0.714. The molecule has 5 nitrogen and oxygen atoms in total. The van der Waals surface area contributed by atoms with E-state index in [1.807, 2.05) is 13.0 Å². The van der Waals surface area contributed by atoms with Crippen molar-refractivity contribution in [3.05, 3.63) is 12.4 Å². The summed E-state index contributed by atoms with van der Waals surface area (Å²) in [5, 5.41) is 3.31. The molecule has 2 heterocycles. The Morgan fingerprint density at radius 3 is 2.84 bits per heavy atom. The molecule has 0 aromatic carbocycles. The SMILES string of the molecule is CC(N)CCNc1cc(N2CCC(C)CC2)ncn1. The Labute approximate surface area is 115 Å². The van der Waals surface area contributed by atoms with Gasteiger partial charge in [-0.05, 0) is 32.1 Å². The van der Waals surface area contributed by atoms with Crippen LogP contribution in [0.15, 0.2) is 12.4 Å². The average molecular weight is 263 g/mol. The standard InChI is InChI=1S/C14H25N5/c1-11-4-7-19(8-5-11)14-9-13(17-10-18-14)16-6-3-12(2)15/h9-12H,3-8,15H2,1-2H3,(H,16,17,18). The molecule has 0 aliphatic carbocycles. The summed E-state index contributed by atoms with van der Waals surface area (Å²) in [6, 6.07) is 2.26. The summed E-state index contributed by atoms with van der Waals surface area (Å²) < 4.78 is 0. The molecule has 5 heteroatoms. The van der Waals surface area contributed by atoms with E-state index in [1.165, 1.54) is 12.8 Å². The van der Waals surface area contributed by atoms with Crippen molar-refractivity contribution in [1.29, 1.82) is 0 Å². The molecule has 0 spiro atoms. The van der Waals surface area contributed by atoms with Crippen LogP contribution >= 0.6 is 0 Å². The Kier molecular flexibility index (Phi) is 4.96. The summed E-state index contributed by atoms with van der Waals surface area (Å²) in [7, 11) is 0. The maximum atomic E-state index is 5.74. The van der Waals surface area contributed by atoms with Gasteiger partial charge in [0.05, 0.1) is 0 Å². The number of aromatic nitrogens is 2. The first-order valence-electron chi connectivity index (χ1n) is 7.21. The van der Waals surface area contributed by atoms with Crippen molar-refractivity contribution in [2.45, 2.75) is 39.2 Å². The van der Waals surface area contributed by atoms with Gasteiger partial charge in [-0.3, -0.25) is 0 Å². The van der Waals surface area contributed by atoms with Crippen LogP contribution in [0.3, 0.4) is 0 Å². The van der Waals surface area contributed by atoms with Gasteiger partial charge in [0.2, 0.25) is 0 Å². The van der Waals surface area contributed by atoms with E-state index in [0.717, 1.165) is 43.6 Å². The highest BCUT2D eigenvalue weighted by atomic mass is 15.2. The summed E-state index contributed by atoms with van der Waals surface area (Å²) in [6.45, 7) is 7.38. The number of hydrogen-bond donors (Lipinski definition) is 2. The van der Waals surface area contributed by atoms with Crippen molar-refractivity contribution in [3.63, 3.8) is 0 Å². The van der Waals surface area contributed by atoms with Gasteiger partial charge in [0.1, 0.15) is 18.0 Å². The number of nitrogens with one attached hydrogen (secondary N) is 1. The minimum Gasteiger partial charge on any atom is -0.370 e. The molecule has 3 N–H and O–H groups in total. The fourth-order valence-electron chi connectivity index (χ4n) is 2.28. The quantitative estimate of drug-likeness (QED) is 0.849. The maximum absolute atomic E-state index is 5.74. The summed E-state index contributed by atoms with van der Waals surface area (Å²) in [5.41, 5.74) is 5.74. The van der Waals surface area contributed by atoms with E-state index < -0.39 is 0 Å². The highest BCUT2D eigenvalue weighted by molar-refractivity contribution is 5.48. The van der Waals surface area contributed by atoms with Crippen molar-refractivity contribution in [3.8, 4) is 0 Å². The summed E-state index contributed by atoms with van der Waals surface area (Å²) in [6.07, 6.45) is 5.08. The number of rotatable bonds is 5. The lowest BCUT2D eigenvalue weighted by Crippen LogP contribution is -2.33. The van der Waals surface area contributed by atoms with E-state index in [2.05, 4.69) is 27.1 Å². The zero-order valence-corrected chi connectivity index (χ0v) is 12.0. The lowest BCUT2D eigenvalue weighted by Gasteiger charge is -2.31.